The average Bonchev–Trinajstić information content (AvgIpc) is 3.38. The molecular weight excluding hydrogens is 413 g/mol. The van der Waals surface area contributed by atoms with Crippen LogP contribution in [0.2, 0.25) is 0 Å². The zero-order chi connectivity index (χ0) is 21.0. The topological polar surface area (TPSA) is 50.6 Å². The third kappa shape index (κ3) is 4.99. The second-order valence-corrected chi connectivity index (χ2v) is 7.04. The molecule has 0 saturated carbocycles. The third-order valence-electron chi connectivity index (χ3n) is 4.05. The van der Waals surface area contributed by atoms with E-state index in [1.807, 2.05) is 45.6 Å². The van der Waals surface area contributed by atoms with Gasteiger partial charge >= 0.3 is 6.18 Å². The molecule has 3 heterocycles. The van der Waals surface area contributed by atoms with Crippen molar-refractivity contribution in [1.82, 2.24) is 15.0 Å². The summed E-state index contributed by atoms with van der Waals surface area (Å²) < 4.78 is 38.3. The fourth-order valence-electron chi connectivity index (χ4n) is 2.72. The van der Waals surface area contributed by atoms with Crippen molar-refractivity contribution in [2.75, 3.05) is 12.0 Å². The van der Waals surface area contributed by atoms with Crippen molar-refractivity contribution < 1.29 is 18.0 Å². The number of halogens is 3. The summed E-state index contributed by atoms with van der Waals surface area (Å²) in [7, 11) is 0. The number of hydrazine groups is 1. The zero-order valence-corrected chi connectivity index (χ0v) is 16.2. The van der Waals surface area contributed by atoms with Crippen LogP contribution in [-0.4, -0.2) is 22.2 Å². The van der Waals surface area contributed by atoms with E-state index in [4.69, 9.17) is 0 Å². The zero-order valence-electron chi connectivity index (χ0n) is 15.4. The highest BCUT2D eigenvalue weighted by Gasteiger charge is 2.27. The van der Waals surface area contributed by atoms with Gasteiger partial charge in [-0.05, 0) is 35.7 Å². The summed E-state index contributed by atoms with van der Waals surface area (Å²) >= 11 is 1.60. The molecule has 1 aromatic carbocycles. The van der Waals surface area contributed by atoms with E-state index in [1.54, 1.807) is 35.7 Å². The van der Waals surface area contributed by atoms with Crippen molar-refractivity contribution in [3.8, 4) is 23.1 Å². The SMILES string of the molecule is FC(F)(F)CONNc1cccc(-c2cnc3cc(C#Cc4ccsc4)ccn23)c1. The molecule has 5 nitrogen and oxygen atoms in total. The molecular formula is C21H15F3N4OS. The number of alkyl halides is 3. The first-order valence-corrected chi connectivity index (χ1v) is 9.73. The van der Waals surface area contributed by atoms with Gasteiger partial charge in [-0.1, -0.05) is 24.0 Å². The van der Waals surface area contributed by atoms with Crippen molar-refractivity contribution in [2.45, 2.75) is 6.18 Å². The van der Waals surface area contributed by atoms with Crippen LogP contribution < -0.4 is 11.0 Å². The first-order chi connectivity index (χ1) is 14.5. The van der Waals surface area contributed by atoms with Crippen molar-refractivity contribution >= 4 is 22.7 Å². The van der Waals surface area contributed by atoms with Crippen LogP contribution in [0.25, 0.3) is 16.9 Å². The molecule has 30 heavy (non-hydrogen) atoms. The average molecular weight is 428 g/mol. The lowest BCUT2D eigenvalue weighted by molar-refractivity contribution is -0.187. The quantitative estimate of drug-likeness (QED) is 0.271. The number of nitrogens with one attached hydrogen (secondary N) is 2. The molecule has 9 heteroatoms. The molecule has 0 fully saturated rings. The number of hydrogen-bond acceptors (Lipinski definition) is 5. The molecule has 0 spiro atoms. The van der Waals surface area contributed by atoms with Crippen molar-refractivity contribution in [3.05, 3.63) is 76.7 Å². The van der Waals surface area contributed by atoms with E-state index in [9.17, 15) is 13.2 Å². The maximum Gasteiger partial charge on any atom is 0.413 e. The lowest BCUT2D eigenvalue weighted by atomic mass is 10.1. The first kappa shape index (κ1) is 20.0. The monoisotopic (exact) mass is 428 g/mol. The molecule has 4 aromatic rings. The molecule has 0 aliphatic rings. The lowest BCUT2D eigenvalue weighted by Crippen LogP contribution is -2.28. The van der Waals surface area contributed by atoms with Crippen LogP contribution in [-0.2, 0) is 4.84 Å². The van der Waals surface area contributed by atoms with E-state index in [1.165, 1.54) is 0 Å². The Labute approximate surface area is 174 Å². The summed E-state index contributed by atoms with van der Waals surface area (Å²) in [4.78, 5) is 8.79. The molecule has 0 atom stereocenters. The lowest BCUT2D eigenvalue weighted by Gasteiger charge is -2.11. The van der Waals surface area contributed by atoms with E-state index in [2.05, 4.69) is 32.7 Å². The van der Waals surface area contributed by atoms with Gasteiger partial charge in [-0.2, -0.15) is 24.5 Å². The summed E-state index contributed by atoms with van der Waals surface area (Å²) in [6.45, 7) is -1.40. The molecule has 0 aliphatic heterocycles. The number of hydrogen-bond donors (Lipinski definition) is 2. The number of imidazole rings is 1. The van der Waals surface area contributed by atoms with Gasteiger partial charge in [-0.25, -0.2) is 4.98 Å². The van der Waals surface area contributed by atoms with Crippen LogP contribution in [0, 0.1) is 11.8 Å². The van der Waals surface area contributed by atoms with E-state index in [0.29, 0.717) is 5.69 Å². The molecule has 0 aliphatic carbocycles. The summed E-state index contributed by atoms with van der Waals surface area (Å²) in [5, 5.41) is 3.97. The van der Waals surface area contributed by atoms with Gasteiger partial charge in [0.2, 0.25) is 0 Å². The van der Waals surface area contributed by atoms with Crippen molar-refractivity contribution in [2.24, 2.45) is 0 Å². The van der Waals surface area contributed by atoms with Gasteiger partial charge in [0, 0.05) is 28.3 Å². The number of rotatable bonds is 5. The van der Waals surface area contributed by atoms with Crippen LogP contribution in [0.15, 0.2) is 65.6 Å². The van der Waals surface area contributed by atoms with Gasteiger partial charge in [-0.3, -0.25) is 14.7 Å². The van der Waals surface area contributed by atoms with Gasteiger partial charge in [0.15, 0.2) is 6.61 Å². The van der Waals surface area contributed by atoms with E-state index >= 15 is 0 Å². The van der Waals surface area contributed by atoms with Gasteiger partial charge in [0.25, 0.3) is 0 Å². The largest absolute Gasteiger partial charge is 0.413 e. The Morgan fingerprint density at radius 2 is 1.97 bits per heavy atom. The Morgan fingerprint density at radius 3 is 2.77 bits per heavy atom. The number of thiophene rings is 1. The van der Waals surface area contributed by atoms with Crippen LogP contribution in [0.1, 0.15) is 11.1 Å². The van der Waals surface area contributed by atoms with E-state index in [-0.39, 0.29) is 0 Å². The maximum absolute atomic E-state index is 12.1. The van der Waals surface area contributed by atoms with Gasteiger partial charge in [-0.15, -0.1) is 5.59 Å². The van der Waals surface area contributed by atoms with Gasteiger partial charge in [0.05, 0.1) is 17.6 Å². The van der Waals surface area contributed by atoms with E-state index < -0.39 is 12.8 Å². The molecule has 0 saturated heterocycles. The Hall–Kier alpha value is -3.32. The molecule has 4 rings (SSSR count). The molecule has 0 amide bonds. The Bertz CT molecular complexity index is 1210. The van der Waals surface area contributed by atoms with Crippen molar-refractivity contribution in [3.63, 3.8) is 0 Å². The standard InChI is InChI=1S/C21H15F3N4OS/c22-21(23,24)14-29-27-26-18-3-1-2-17(11-18)19-12-25-20-10-15(6-8-28(19)20)4-5-16-7-9-30-13-16/h1-3,6-13,26-27H,14H2. The molecule has 0 bridgehead atoms. The van der Waals surface area contributed by atoms with Crippen molar-refractivity contribution in [1.29, 1.82) is 0 Å². The number of nitrogens with zero attached hydrogens (tertiary/aromatic N) is 2. The van der Waals surface area contributed by atoms with Gasteiger partial charge < -0.3 is 0 Å². The summed E-state index contributed by atoms with van der Waals surface area (Å²) in [6.07, 6.45) is -0.780. The minimum Gasteiger partial charge on any atom is -0.300 e. The minimum absolute atomic E-state index is 0.544. The molecule has 0 radical (unpaired) electrons. The normalized spacial score (nSPS) is 11.3. The summed E-state index contributed by atoms with van der Waals surface area (Å²) in [6, 6.07) is 12.9. The van der Waals surface area contributed by atoms with Crippen LogP contribution in [0.4, 0.5) is 18.9 Å². The predicted molar refractivity (Wildman–Crippen MR) is 110 cm³/mol. The number of anilines is 1. The van der Waals surface area contributed by atoms with Crippen LogP contribution in [0.3, 0.4) is 0 Å². The second kappa shape index (κ2) is 8.59. The molecule has 2 N–H and O–H groups in total. The minimum atomic E-state index is -4.40. The predicted octanol–water partition coefficient (Wildman–Crippen LogP) is 4.87. The van der Waals surface area contributed by atoms with Gasteiger partial charge in [0.1, 0.15) is 5.65 Å². The van der Waals surface area contributed by atoms with Crippen LogP contribution in [0.5, 0.6) is 0 Å². The summed E-state index contributed by atoms with van der Waals surface area (Å²) in [5.41, 5.74) is 9.47. The number of benzene rings is 1. The number of aromatic nitrogens is 2. The Morgan fingerprint density at radius 1 is 1.10 bits per heavy atom. The smallest absolute Gasteiger partial charge is 0.300 e. The molecule has 3 aromatic heterocycles. The number of pyridine rings is 1. The second-order valence-electron chi connectivity index (χ2n) is 6.26. The number of fused-ring (bicyclic) bond motifs is 1. The highest BCUT2D eigenvalue weighted by molar-refractivity contribution is 7.08. The fourth-order valence-corrected chi connectivity index (χ4v) is 3.31. The third-order valence-corrected chi connectivity index (χ3v) is 4.73. The summed E-state index contributed by atoms with van der Waals surface area (Å²) in [5.74, 6) is 6.24. The Kier molecular flexibility index (Phi) is 5.72. The highest BCUT2D eigenvalue weighted by atomic mass is 32.1. The molecule has 152 valence electrons. The fraction of sp³-hybridized carbons (Fsp3) is 0.0952. The molecule has 0 unspecified atom stereocenters. The maximum atomic E-state index is 12.1. The first-order valence-electron chi connectivity index (χ1n) is 8.79. The van der Waals surface area contributed by atoms with Crippen LogP contribution >= 0.6 is 11.3 Å². The van der Waals surface area contributed by atoms with E-state index in [0.717, 1.165) is 28.0 Å². The highest BCUT2D eigenvalue weighted by Crippen LogP contribution is 2.24. The Balaban J connectivity index is 1.50.